The van der Waals surface area contributed by atoms with Crippen molar-refractivity contribution in [1.29, 1.82) is 0 Å². The molecule has 1 aliphatic rings. The Balaban J connectivity index is 2.40. The van der Waals surface area contributed by atoms with Crippen molar-refractivity contribution in [2.75, 3.05) is 0 Å². The minimum atomic E-state index is -3.47. The highest BCUT2D eigenvalue weighted by molar-refractivity contribution is 6.31. The van der Waals surface area contributed by atoms with Gasteiger partial charge in [-0.05, 0) is 20.8 Å². The zero-order valence-corrected chi connectivity index (χ0v) is 13.7. The van der Waals surface area contributed by atoms with Crippen LogP contribution >= 0.6 is 11.6 Å². The monoisotopic (exact) mass is 370 g/mol. The summed E-state index contributed by atoms with van der Waals surface area (Å²) in [7, 11) is 0. The van der Waals surface area contributed by atoms with Crippen LogP contribution in [0.4, 0.5) is 17.6 Å². The highest BCUT2D eigenvalue weighted by Gasteiger charge is 2.54. The fraction of sp³-hybridized carbons (Fsp3) is 0.615. The fourth-order valence-corrected chi connectivity index (χ4v) is 2.55. The number of halogens is 5. The van der Waals surface area contributed by atoms with Gasteiger partial charge < -0.3 is 5.11 Å². The molecule has 0 aromatic carbocycles. The molecule has 1 aliphatic heterocycles. The maximum atomic E-state index is 13.2. The molecule has 0 unspecified atom stereocenters. The van der Waals surface area contributed by atoms with Crippen molar-refractivity contribution in [2.45, 2.75) is 51.8 Å². The van der Waals surface area contributed by atoms with Gasteiger partial charge in [-0.2, -0.15) is 15.2 Å². The van der Waals surface area contributed by atoms with Crippen molar-refractivity contribution < 1.29 is 27.5 Å². The normalized spacial score (nSPS) is 22.5. The summed E-state index contributed by atoms with van der Waals surface area (Å²) in [4.78, 5) is 12.5. The van der Waals surface area contributed by atoms with Crippen LogP contribution in [0.15, 0.2) is 5.10 Å². The SMILES string of the molecule is Cc1nn([C@H](C)C(=O)N2N=C(C(F)F)C[C@@]2(O)C(F)F)c(C)c1Cl. The molecule has 0 fully saturated rings. The Hall–Kier alpha value is -1.68. The summed E-state index contributed by atoms with van der Waals surface area (Å²) < 4.78 is 53.1. The van der Waals surface area contributed by atoms with E-state index in [2.05, 4.69) is 10.2 Å². The Kier molecular flexibility index (Phi) is 4.91. The van der Waals surface area contributed by atoms with Gasteiger partial charge in [0.05, 0.1) is 16.4 Å². The third-order valence-electron chi connectivity index (χ3n) is 3.81. The average molecular weight is 371 g/mol. The molecule has 2 rings (SSSR count). The fourth-order valence-electron chi connectivity index (χ4n) is 2.42. The van der Waals surface area contributed by atoms with Crippen LogP contribution in [0.3, 0.4) is 0 Å². The molecule has 2 heterocycles. The zero-order valence-electron chi connectivity index (χ0n) is 13.0. The first-order chi connectivity index (χ1) is 11.0. The molecule has 1 aromatic heterocycles. The maximum Gasteiger partial charge on any atom is 0.287 e. The van der Waals surface area contributed by atoms with E-state index in [0.29, 0.717) is 11.4 Å². The van der Waals surface area contributed by atoms with E-state index >= 15 is 0 Å². The smallest absolute Gasteiger partial charge is 0.287 e. The van der Waals surface area contributed by atoms with Gasteiger partial charge in [0.1, 0.15) is 11.8 Å². The first kappa shape index (κ1) is 18.7. The Bertz CT molecular complexity index is 694. The molecule has 0 spiro atoms. The van der Waals surface area contributed by atoms with Crippen LogP contribution in [-0.4, -0.2) is 50.1 Å². The second-order valence-electron chi connectivity index (χ2n) is 5.50. The molecule has 0 saturated carbocycles. The Morgan fingerprint density at radius 3 is 2.33 bits per heavy atom. The van der Waals surface area contributed by atoms with Crippen LogP contribution in [-0.2, 0) is 4.79 Å². The van der Waals surface area contributed by atoms with E-state index in [-0.39, 0.29) is 10.0 Å². The summed E-state index contributed by atoms with van der Waals surface area (Å²) in [6, 6.07) is -1.18. The number of hydrazone groups is 1. The summed E-state index contributed by atoms with van der Waals surface area (Å²) in [5.74, 6) is -1.10. The summed E-state index contributed by atoms with van der Waals surface area (Å²) >= 11 is 5.97. The van der Waals surface area contributed by atoms with Crippen molar-refractivity contribution in [3.05, 3.63) is 16.4 Å². The van der Waals surface area contributed by atoms with Crippen LogP contribution < -0.4 is 0 Å². The topological polar surface area (TPSA) is 70.7 Å². The number of carbonyl (C=O) groups is 1. The molecule has 6 nitrogen and oxygen atoms in total. The van der Waals surface area contributed by atoms with Crippen molar-refractivity contribution in [2.24, 2.45) is 5.10 Å². The number of hydrogen-bond acceptors (Lipinski definition) is 4. The van der Waals surface area contributed by atoms with Crippen molar-refractivity contribution in [3.63, 3.8) is 0 Å². The number of amides is 1. The van der Waals surface area contributed by atoms with Gasteiger partial charge in [-0.25, -0.2) is 17.6 Å². The lowest BCUT2D eigenvalue weighted by Gasteiger charge is -2.31. The lowest BCUT2D eigenvalue weighted by Crippen LogP contribution is -2.53. The summed E-state index contributed by atoms with van der Waals surface area (Å²) in [5.41, 5.74) is -3.29. The molecule has 1 amide bonds. The molecule has 0 radical (unpaired) electrons. The van der Waals surface area contributed by atoms with Crippen LogP contribution in [0, 0.1) is 13.8 Å². The number of rotatable bonds is 4. The average Bonchev–Trinajstić information content (AvgIpc) is 3.00. The third kappa shape index (κ3) is 2.88. The standard InChI is InChI=1S/C13H15ClF4N4O2/c1-5-9(14)6(2)21(19-5)7(3)11(23)22-13(24,12(17)18)4-8(20-22)10(15)16/h7,10,12,24H,4H2,1-3H3/t7-,13-/m1/s1. The van der Waals surface area contributed by atoms with Gasteiger partial charge in [0, 0.05) is 6.42 Å². The number of aromatic nitrogens is 2. The molecular weight excluding hydrogens is 356 g/mol. The number of hydrogen-bond donors (Lipinski definition) is 1. The lowest BCUT2D eigenvalue weighted by molar-refractivity contribution is -0.194. The predicted octanol–water partition coefficient (Wildman–Crippen LogP) is 2.52. The molecule has 0 aliphatic carbocycles. The van der Waals surface area contributed by atoms with Crippen molar-refractivity contribution >= 4 is 23.2 Å². The second-order valence-corrected chi connectivity index (χ2v) is 5.88. The minimum absolute atomic E-state index is 0.0220. The molecule has 134 valence electrons. The van der Waals surface area contributed by atoms with Gasteiger partial charge in [0.15, 0.2) is 0 Å². The quantitative estimate of drug-likeness (QED) is 0.828. The van der Waals surface area contributed by atoms with E-state index < -0.39 is 42.7 Å². The predicted molar refractivity (Wildman–Crippen MR) is 77.3 cm³/mol. The molecule has 11 heteroatoms. The number of nitrogens with zero attached hydrogens (tertiary/aromatic N) is 4. The second kappa shape index (κ2) is 6.32. The highest BCUT2D eigenvalue weighted by atomic mass is 35.5. The molecule has 0 bridgehead atoms. The Morgan fingerprint density at radius 1 is 1.33 bits per heavy atom. The first-order valence-corrected chi connectivity index (χ1v) is 7.29. The van der Waals surface area contributed by atoms with E-state index in [1.807, 2.05) is 0 Å². The van der Waals surface area contributed by atoms with E-state index in [1.54, 1.807) is 13.8 Å². The van der Waals surface area contributed by atoms with Gasteiger partial charge in [-0.15, -0.1) is 0 Å². The van der Waals surface area contributed by atoms with Crippen LogP contribution in [0.25, 0.3) is 0 Å². The molecular formula is C13H15ClF4N4O2. The Morgan fingerprint density at radius 2 is 1.92 bits per heavy atom. The molecule has 24 heavy (non-hydrogen) atoms. The lowest BCUT2D eigenvalue weighted by atomic mass is 10.1. The van der Waals surface area contributed by atoms with Crippen LogP contribution in [0.5, 0.6) is 0 Å². The highest BCUT2D eigenvalue weighted by Crippen LogP contribution is 2.35. The first-order valence-electron chi connectivity index (χ1n) is 6.92. The summed E-state index contributed by atoms with van der Waals surface area (Å²) in [6.45, 7) is 4.46. The maximum absolute atomic E-state index is 13.2. The molecule has 1 aromatic rings. The summed E-state index contributed by atoms with van der Waals surface area (Å²) in [6.07, 6.45) is -7.76. The number of aliphatic hydroxyl groups is 1. The van der Waals surface area contributed by atoms with Crippen molar-refractivity contribution in [1.82, 2.24) is 14.8 Å². The number of aryl methyl sites for hydroxylation is 1. The summed E-state index contributed by atoms with van der Waals surface area (Å²) in [5, 5.41) is 17.5. The molecule has 2 atom stereocenters. The molecule has 1 N–H and O–H groups in total. The van der Waals surface area contributed by atoms with Crippen LogP contribution in [0.2, 0.25) is 5.02 Å². The third-order valence-corrected chi connectivity index (χ3v) is 4.35. The van der Waals surface area contributed by atoms with Gasteiger partial charge >= 0.3 is 0 Å². The van der Waals surface area contributed by atoms with E-state index in [4.69, 9.17) is 11.6 Å². The van der Waals surface area contributed by atoms with Crippen molar-refractivity contribution in [3.8, 4) is 0 Å². The number of carbonyl (C=O) groups excluding carboxylic acids is 1. The largest absolute Gasteiger partial charge is 0.364 e. The van der Waals surface area contributed by atoms with E-state index in [1.165, 1.54) is 11.6 Å². The van der Waals surface area contributed by atoms with Crippen LogP contribution in [0.1, 0.15) is 30.8 Å². The van der Waals surface area contributed by atoms with Gasteiger partial charge in [-0.1, -0.05) is 11.6 Å². The van der Waals surface area contributed by atoms with Gasteiger partial charge in [0.2, 0.25) is 5.72 Å². The van der Waals surface area contributed by atoms with E-state index in [0.717, 1.165) is 0 Å². The minimum Gasteiger partial charge on any atom is -0.364 e. The molecule has 0 saturated heterocycles. The van der Waals surface area contributed by atoms with Gasteiger partial charge in [0.25, 0.3) is 18.8 Å². The number of alkyl halides is 4. The zero-order chi connectivity index (χ0) is 18.4. The van der Waals surface area contributed by atoms with E-state index in [9.17, 15) is 27.5 Å². The van der Waals surface area contributed by atoms with Gasteiger partial charge in [-0.3, -0.25) is 9.48 Å². The Labute approximate surface area is 139 Å².